The predicted molar refractivity (Wildman–Crippen MR) is 155 cm³/mol. The van der Waals surface area contributed by atoms with Crippen LogP contribution in [0.1, 0.15) is 28.4 Å². The van der Waals surface area contributed by atoms with E-state index in [-0.39, 0.29) is 21.6 Å². The molecule has 0 aromatic heterocycles. The smallest absolute Gasteiger partial charge is 0.344 e. The van der Waals surface area contributed by atoms with Crippen LogP contribution in [0.4, 0.5) is 0 Å². The molecule has 0 bridgehead atoms. The minimum Gasteiger partial charge on any atom is -0.493 e. The molecular formula is C28H23ClN2O7S2. The van der Waals surface area contributed by atoms with E-state index < -0.39 is 23.9 Å². The molecule has 1 atom stereocenters. The van der Waals surface area contributed by atoms with Crippen LogP contribution in [0, 0.1) is 0 Å². The molecule has 0 spiro atoms. The Balaban J connectivity index is 1.40. The van der Waals surface area contributed by atoms with Gasteiger partial charge in [0.15, 0.2) is 21.9 Å². The monoisotopic (exact) mass is 598 g/mol. The fourth-order valence-corrected chi connectivity index (χ4v) is 4.84. The number of nitrogens with one attached hydrogen (secondary N) is 1. The fraction of sp³-hybridized carbons (Fsp3) is 0.143. The van der Waals surface area contributed by atoms with Crippen molar-refractivity contribution in [1.82, 2.24) is 10.4 Å². The molecule has 3 aromatic carbocycles. The molecule has 3 aromatic rings. The van der Waals surface area contributed by atoms with E-state index in [9.17, 15) is 14.4 Å². The van der Waals surface area contributed by atoms with Crippen LogP contribution in [0.15, 0.2) is 71.6 Å². The number of nitrogens with zero attached hydrogens (tertiary/aromatic N) is 1. The maximum Gasteiger partial charge on any atom is 0.344 e. The number of carboxylic acids is 1. The number of hydrazine groups is 1. The molecule has 2 amide bonds. The highest BCUT2D eigenvalue weighted by molar-refractivity contribution is 8.26. The second-order valence-electron chi connectivity index (χ2n) is 8.37. The number of rotatable bonds is 10. The summed E-state index contributed by atoms with van der Waals surface area (Å²) in [5.41, 5.74) is 4.27. The minimum absolute atomic E-state index is 0.159. The summed E-state index contributed by atoms with van der Waals surface area (Å²) in [6, 6.07) is 18.6. The van der Waals surface area contributed by atoms with Gasteiger partial charge in [-0.25, -0.2) is 4.79 Å². The van der Waals surface area contributed by atoms with Crippen molar-refractivity contribution in [3.05, 3.63) is 93.3 Å². The van der Waals surface area contributed by atoms with Gasteiger partial charge in [0.2, 0.25) is 0 Å². The summed E-state index contributed by atoms with van der Waals surface area (Å²) in [5, 5.41) is 10.7. The summed E-state index contributed by atoms with van der Waals surface area (Å²) in [7, 11) is 1.42. The number of methoxy groups -OCH3 is 1. The highest BCUT2D eigenvalue weighted by atomic mass is 35.5. The van der Waals surface area contributed by atoms with Crippen molar-refractivity contribution in [3.8, 4) is 17.2 Å². The Morgan fingerprint density at radius 1 is 1.12 bits per heavy atom. The van der Waals surface area contributed by atoms with E-state index in [0.717, 1.165) is 22.3 Å². The second kappa shape index (κ2) is 12.9. The van der Waals surface area contributed by atoms with Gasteiger partial charge < -0.3 is 19.3 Å². The first kappa shape index (κ1) is 28.9. The molecule has 1 saturated heterocycles. The molecule has 1 aliphatic heterocycles. The Morgan fingerprint density at radius 2 is 1.85 bits per heavy atom. The van der Waals surface area contributed by atoms with E-state index in [1.54, 1.807) is 54.6 Å². The lowest BCUT2D eigenvalue weighted by atomic mass is 10.2. The van der Waals surface area contributed by atoms with Gasteiger partial charge in [-0.2, -0.15) is 5.01 Å². The molecule has 1 heterocycles. The van der Waals surface area contributed by atoms with E-state index in [2.05, 4.69) is 5.43 Å². The normalized spacial score (nSPS) is 14.7. The summed E-state index contributed by atoms with van der Waals surface area (Å²) in [6.45, 7) is 1.68. The first-order chi connectivity index (χ1) is 19.2. The van der Waals surface area contributed by atoms with Gasteiger partial charge in [-0.15, -0.1) is 0 Å². The molecule has 0 aliphatic carbocycles. The number of ether oxygens (including phenoxy) is 3. The molecule has 1 unspecified atom stereocenters. The van der Waals surface area contributed by atoms with Crippen molar-refractivity contribution in [1.29, 1.82) is 0 Å². The van der Waals surface area contributed by atoms with Crippen LogP contribution < -0.4 is 19.6 Å². The van der Waals surface area contributed by atoms with E-state index in [1.807, 2.05) is 18.2 Å². The van der Waals surface area contributed by atoms with Gasteiger partial charge in [0.1, 0.15) is 12.4 Å². The second-order valence-corrected chi connectivity index (χ2v) is 10.5. The Bertz CT molecular complexity index is 1490. The third-order valence-corrected chi connectivity index (χ3v) is 7.28. The van der Waals surface area contributed by atoms with Crippen molar-refractivity contribution in [2.75, 3.05) is 7.11 Å². The number of carboxylic acid groups (broad SMARTS) is 1. The zero-order valence-corrected chi connectivity index (χ0v) is 23.6. The van der Waals surface area contributed by atoms with Crippen LogP contribution in [0.5, 0.6) is 17.2 Å². The highest BCUT2D eigenvalue weighted by Gasteiger charge is 2.34. The van der Waals surface area contributed by atoms with Crippen molar-refractivity contribution >= 4 is 63.8 Å². The lowest BCUT2D eigenvalue weighted by Crippen LogP contribution is -2.44. The zero-order chi connectivity index (χ0) is 28.8. The quantitative estimate of drug-likeness (QED) is 0.236. The molecule has 9 nitrogen and oxygen atoms in total. The molecule has 4 rings (SSSR count). The fourth-order valence-electron chi connectivity index (χ4n) is 3.47. The number of carbonyl (C=O) groups excluding carboxylic acids is 2. The molecule has 2 N–H and O–H groups in total. The van der Waals surface area contributed by atoms with Gasteiger partial charge in [-0.3, -0.25) is 15.0 Å². The molecule has 0 saturated carbocycles. The van der Waals surface area contributed by atoms with Gasteiger partial charge in [0.05, 0.1) is 12.0 Å². The van der Waals surface area contributed by atoms with Gasteiger partial charge in [-0.1, -0.05) is 47.6 Å². The van der Waals surface area contributed by atoms with Crippen LogP contribution in [0.3, 0.4) is 0 Å². The standard InChI is InChI=1S/C28H23ClN2O7S2/c1-16(27(34)35)38-22-12-7-17(13-23(22)36-2)14-24-26(33)31(28(39)40-24)30-25(32)18-8-10-20(11-9-18)37-15-19-5-3-4-6-21(19)29/h3-14,16H,15H2,1-2H3,(H,30,32)(H,34,35)/b24-14+. The number of hydrogen-bond acceptors (Lipinski definition) is 8. The van der Waals surface area contributed by atoms with Gasteiger partial charge in [0.25, 0.3) is 11.8 Å². The first-order valence-electron chi connectivity index (χ1n) is 11.8. The Hall–Kier alpha value is -4.06. The number of thioether (sulfide) groups is 1. The van der Waals surface area contributed by atoms with Crippen LogP contribution in [-0.2, 0) is 16.2 Å². The predicted octanol–water partition coefficient (Wildman–Crippen LogP) is 5.33. The summed E-state index contributed by atoms with van der Waals surface area (Å²) in [5.74, 6) is -1.05. The largest absolute Gasteiger partial charge is 0.493 e. The molecule has 12 heteroatoms. The molecule has 0 radical (unpaired) electrons. The number of carbonyl (C=O) groups is 3. The summed E-state index contributed by atoms with van der Waals surface area (Å²) >= 11 is 12.5. The van der Waals surface area contributed by atoms with Crippen molar-refractivity contribution < 1.29 is 33.7 Å². The van der Waals surface area contributed by atoms with Crippen molar-refractivity contribution in [3.63, 3.8) is 0 Å². The zero-order valence-electron chi connectivity index (χ0n) is 21.3. The average molecular weight is 599 g/mol. The maximum atomic E-state index is 13.0. The number of thiocarbonyl (C=S) groups is 1. The number of benzene rings is 3. The molecule has 206 valence electrons. The van der Waals surface area contributed by atoms with Gasteiger partial charge >= 0.3 is 5.97 Å². The summed E-state index contributed by atoms with van der Waals surface area (Å²) < 4.78 is 16.6. The van der Waals surface area contributed by atoms with Crippen molar-refractivity contribution in [2.24, 2.45) is 0 Å². The van der Waals surface area contributed by atoms with Crippen LogP contribution in [0.25, 0.3) is 6.08 Å². The Kier molecular flexibility index (Phi) is 9.30. The lowest BCUT2D eigenvalue weighted by Gasteiger charge is -2.16. The lowest BCUT2D eigenvalue weighted by molar-refractivity contribution is -0.144. The van der Waals surface area contributed by atoms with E-state index >= 15 is 0 Å². The average Bonchev–Trinajstić information content (AvgIpc) is 3.20. The van der Waals surface area contributed by atoms with E-state index in [4.69, 9.17) is 43.1 Å². The molecule has 40 heavy (non-hydrogen) atoms. The maximum absolute atomic E-state index is 13.0. The third kappa shape index (κ3) is 6.92. The SMILES string of the molecule is COc1cc(/C=C2/SC(=S)N(NC(=O)c3ccc(OCc4ccccc4Cl)cc3)C2=O)ccc1OC(C)C(=O)O. The molecular weight excluding hydrogens is 576 g/mol. The van der Waals surface area contributed by atoms with Crippen LogP contribution >= 0.6 is 35.6 Å². The molecule has 1 fully saturated rings. The first-order valence-corrected chi connectivity index (χ1v) is 13.4. The van der Waals surface area contributed by atoms with E-state index in [1.165, 1.54) is 14.0 Å². The topological polar surface area (TPSA) is 114 Å². The van der Waals surface area contributed by atoms with Crippen LogP contribution in [-0.4, -0.2) is 45.4 Å². The summed E-state index contributed by atoms with van der Waals surface area (Å²) in [6.07, 6.45) is 0.514. The Labute approximate surface area is 244 Å². The van der Waals surface area contributed by atoms with Gasteiger partial charge in [-0.05, 0) is 73.2 Å². The van der Waals surface area contributed by atoms with E-state index in [0.29, 0.717) is 27.6 Å². The number of hydrogen-bond donors (Lipinski definition) is 2. The summed E-state index contributed by atoms with van der Waals surface area (Å²) in [4.78, 5) is 37.2. The number of halogens is 1. The minimum atomic E-state index is -1.12. The van der Waals surface area contributed by atoms with Crippen LogP contribution in [0.2, 0.25) is 5.02 Å². The number of aliphatic carboxylic acids is 1. The number of amides is 2. The van der Waals surface area contributed by atoms with Gasteiger partial charge in [0, 0.05) is 16.1 Å². The van der Waals surface area contributed by atoms with Crippen molar-refractivity contribution in [2.45, 2.75) is 19.6 Å². The highest BCUT2D eigenvalue weighted by Crippen LogP contribution is 2.34. The Morgan fingerprint density at radius 3 is 2.52 bits per heavy atom. The third-order valence-electron chi connectivity index (χ3n) is 5.61. The molecule has 1 aliphatic rings.